The van der Waals surface area contributed by atoms with Gasteiger partial charge in [0.1, 0.15) is 11.7 Å². The normalized spacial score (nSPS) is 20.7. The summed E-state index contributed by atoms with van der Waals surface area (Å²) < 4.78 is 47.6. The molecule has 0 radical (unpaired) electrons. The number of hydrogen-bond acceptors (Lipinski definition) is 4. The zero-order valence-electron chi connectivity index (χ0n) is 17.9. The van der Waals surface area contributed by atoms with Crippen molar-refractivity contribution in [2.45, 2.75) is 37.8 Å². The van der Waals surface area contributed by atoms with Crippen molar-refractivity contribution in [1.29, 1.82) is 0 Å². The monoisotopic (exact) mass is 484 g/mol. The second-order valence-corrected chi connectivity index (χ2v) is 9.38. The van der Waals surface area contributed by atoms with E-state index < -0.39 is 23.3 Å². The van der Waals surface area contributed by atoms with Crippen molar-refractivity contribution >= 4 is 29.1 Å². The first-order valence-corrected chi connectivity index (χ1v) is 11.5. The summed E-state index contributed by atoms with van der Waals surface area (Å²) in [7, 11) is 0. The van der Waals surface area contributed by atoms with Gasteiger partial charge in [0.2, 0.25) is 5.91 Å². The van der Waals surface area contributed by atoms with Crippen LogP contribution in [0.15, 0.2) is 12.3 Å². The topological polar surface area (TPSA) is 67.2 Å². The maximum atomic E-state index is 13.7. The van der Waals surface area contributed by atoms with Gasteiger partial charge in [0.25, 0.3) is 5.91 Å². The summed E-state index contributed by atoms with van der Waals surface area (Å²) in [6, 6.07) is 1.10. The van der Waals surface area contributed by atoms with Crippen LogP contribution in [0.3, 0.4) is 0 Å². The van der Waals surface area contributed by atoms with Crippen LogP contribution in [0.2, 0.25) is 5.15 Å². The van der Waals surface area contributed by atoms with E-state index in [0.717, 1.165) is 36.2 Å². The quantitative estimate of drug-likeness (QED) is 0.665. The first kappa shape index (κ1) is 22.5. The summed E-state index contributed by atoms with van der Waals surface area (Å²) in [4.78, 5) is 32.8. The third kappa shape index (κ3) is 4.42. The number of piperazine rings is 1. The van der Waals surface area contributed by atoms with Crippen molar-refractivity contribution < 1.29 is 27.5 Å². The number of fused-ring (bicyclic) bond motifs is 1. The Morgan fingerprint density at radius 3 is 2.55 bits per heavy atom. The maximum Gasteiger partial charge on any atom is 0.419 e. The molecule has 2 aliphatic heterocycles. The lowest BCUT2D eigenvalue weighted by Gasteiger charge is -2.36. The highest BCUT2D eigenvalue weighted by atomic mass is 35.5. The molecule has 4 heterocycles. The van der Waals surface area contributed by atoms with Gasteiger partial charge in [-0.15, -0.1) is 0 Å². The molecule has 5 rings (SSSR count). The number of aromatic nitrogens is 2. The Hall–Kier alpha value is -2.33. The molecule has 0 unspecified atom stereocenters. The minimum Gasteiger partial charge on any atom is -0.381 e. The van der Waals surface area contributed by atoms with E-state index >= 15 is 0 Å². The van der Waals surface area contributed by atoms with Gasteiger partial charge in [0.15, 0.2) is 11.3 Å². The largest absolute Gasteiger partial charge is 0.419 e. The van der Waals surface area contributed by atoms with Crippen molar-refractivity contribution in [2.75, 3.05) is 39.4 Å². The van der Waals surface area contributed by atoms with Crippen LogP contribution in [0.4, 0.5) is 13.2 Å². The van der Waals surface area contributed by atoms with Gasteiger partial charge >= 0.3 is 6.18 Å². The number of pyridine rings is 1. The Morgan fingerprint density at radius 2 is 1.91 bits per heavy atom. The van der Waals surface area contributed by atoms with Crippen molar-refractivity contribution in [3.05, 3.63) is 34.2 Å². The Labute approximate surface area is 193 Å². The van der Waals surface area contributed by atoms with E-state index in [2.05, 4.69) is 4.98 Å². The number of alkyl halides is 3. The van der Waals surface area contributed by atoms with E-state index in [1.807, 2.05) is 0 Å². The highest BCUT2D eigenvalue weighted by Gasteiger charge is 2.38. The number of carbonyl (C=O) groups is 2. The molecule has 0 spiro atoms. The third-order valence-electron chi connectivity index (χ3n) is 6.66. The van der Waals surface area contributed by atoms with E-state index in [-0.39, 0.29) is 35.8 Å². The van der Waals surface area contributed by atoms with E-state index in [9.17, 15) is 22.8 Å². The summed E-state index contributed by atoms with van der Waals surface area (Å²) in [5, 5.41) is -0.167. The van der Waals surface area contributed by atoms with Crippen LogP contribution in [-0.2, 0) is 15.7 Å². The summed E-state index contributed by atoms with van der Waals surface area (Å²) in [6.45, 7) is 2.49. The molecule has 3 fully saturated rings. The van der Waals surface area contributed by atoms with Gasteiger partial charge in [-0.2, -0.15) is 13.2 Å². The average Bonchev–Trinajstić information content (AvgIpc) is 3.58. The second-order valence-electron chi connectivity index (χ2n) is 9.03. The molecule has 0 atom stereocenters. The van der Waals surface area contributed by atoms with Crippen LogP contribution in [0.1, 0.15) is 53.2 Å². The molecule has 0 aromatic carbocycles. The summed E-state index contributed by atoms with van der Waals surface area (Å²) in [5.74, 6) is -0.384. The first-order chi connectivity index (χ1) is 15.7. The van der Waals surface area contributed by atoms with Crippen molar-refractivity contribution in [1.82, 2.24) is 19.2 Å². The van der Waals surface area contributed by atoms with Crippen LogP contribution in [0.25, 0.3) is 5.65 Å². The molecule has 0 N–H and O–H groups in total. The number of imidazole rings is 1. The molecular formula is C22H24ClF3N4O3. The summed E-state index contributed by atoms with van der Waals surface area (Å²) >= 11 is 6.36. The minimum atomic E-state index is -4.63. The van der Waals surface area contributed by atoms with Gasteiger partial charge in [-0.3, -0.25) is 14.0 Å². The summed E-state index contributed by atoms with van der Waals surface area (Å²) in [6.07, 6.45) is 0.335. The zero-order valence-corrected chi connectivity index (χ0v) is 18.7. The smallest absolute Gasteiger partial charge is 0.381 e. The molecule has 178 valence electrons. The van der Waals surface area contributed by atoms with Crippen LogP contribution in [0.5, 0.6) is 0 Å². The molecule has 0 bridgehead atoms. The minimum absolute atomic E-state index is 0.0644. The molecule has 1 aliphatic carbocycles. The molecule has 11 heteroatoms. The Morgan fingerprint density at radius 1 is 1.18 bits per heavy atom. The molecule has 2 aromatic rings. The molecule has 1 saturated carbocycles. The number of amides is 2. The Bertz CT molecular complexity index is 1090. The SMILES string of the molecule is O=C1CN(C(=O)c2nc3c(C(F)(F)F)cc(C4CC4)cn3c2Cl)CCN1CC1CCOCC1. The standard InChI is InChI=1S/C22H24ClF3N4O3/c23-19-18(27-20-16(22(24,25)26)9-15(11-30(19)20)14-1-2-14)21(32)29-6-5-28(17(31)12-29)10-13-3-7-33-8-4-13/h9,11,13-14H,1-8,10,12H2. The van der Waals surface area contributed by atoms with E-state index in [1.54, 1.807) is 4.90 Å². The van der Waals surface area contributed by atoms with E-state index in [1.165, 1.54) is 11.1 Å². The number of rotatable bonds is 4. The predicted octanol–water partition coefficient (Wildman–Crippen LogP) is 3.59. The fraction of sp³-hybridized carbons (Fsp3) is 0.591. The van der Waals surface area contributed by atoms with Gasteiger partial charge in [-0.25, -0.2) is 4.98 Å². The highest BCUT2D eigenvalue weighted by Crippen LogP contribution is 2.43. The van der Waals surface area contributed by atoms with Gasteiger partial charge in [-0.1, -0.05) is 11.6 Å². The highest BCUT2D eigenvalue weighted by molar-refractivity contribution is 6.33. The van der Waals surface area contributed by atoms with Crippen LogP contribution in [0, 0.1) is 5.92 Å². The fourth-order valence-electron chi connectivity index (χ4n) is 4.59. The van der Waals surface area contributed by atoms with E-state index in [4.69, 9.17) is 16.3 Å². The Balaban J connectivity index is 1.37. The molecule has 33 heavy (non-hydrogen) atoms. The van der Waals surface area contributed by atoms with Gasteiger partial charge in [-0.05, 0) is 49.1 Å². The third-order valence-corrected chi connectivity index (χ3v) is 7.03. The number of halogens is 4. The lowest BCUT2D eigenvalue weighted by molar-refractivity contribution is -0.137. The van der Waals surface area contributed by atoms with Gasteiger partial charge < -0.3 is 14.5 Å². The summed E-state index contributed by atoms with van der Waals surface area (Å²) in [5.41, 5.74) is -1.04. The number of ether oxygens (including phenoxy) is 1. The van der Waals surface area contributed by atoms with Crippen molar-refractivity contribution in [2.24, 2.45) is 5.92 Å². The van der Waals surface area contributed by atoms with Crippen LogP contribution in [-0.4, -0.2) is 70.4 Å². The van der Waals surface area contributed by atoms with Gasteiger partial charge in [0, 0.05) is 39.0 Å². The number of carbonyl (C=O) groups excluding carboxylic acids is 2. The van der Waals surface area contributed by atoms with Crippen LogP contribution >= 0.6 is 11.6 Å². The molecule has 3 aliphatic rings. The molecule has 7 nitrogen and oxygen atoms in total. The molecule has 2 amide bonds. The lowest BCUT2D eigenvalue weighted by Crippen LogP contribution is -2.53. The number of nitrogens with zero attached hydrogens (tertiary/aromatic N) is 4. The Kier molecular flexibility index (Phi) is 5.76. The van der Waals surface area contributed by atoms with Crippen molar-refractivity contribution in [3.63, 3.8) is 0 Å². The first-order valence-electron chi connectivity index (χ1n) is 11.2. The van der Waals surface area contributed by atoms with Crippen LogP contribution < -0.4 is 0 Å². The fourth-order valence-corrected chi connectivity index (χ4v) is 4.84. The average molecular weight is 485 g/mol. The van der Waals surface area contributed by atoms with Crippen molar-refractivity contribution in [3.8, 4) is 0 Å². The van der Waals surface area contributed by atoms with Gasteiger partial charge in [0.05, 0.1) is 5.56 Å². The molecular weight excluding hydrogens is 461 g/mol. The van der Waals surface area contributed by atoms with E-state index in [0.29, 0.717) is 37.8 Å². The number of hydrogen-bond donors (Lipinski definition) is 0. The zero-order chi connectivity index (χ0) is 23.3. The lowest BCUT2D eigenvalue weighted by atomic mass is 9.99. The molecule has 2 saturated heterocycles. The maximum absolute atomic E-state index is 13.7. The predicted molar refractivity (Wildman–Crippen MR) is 113 cm³/mol. The molecule has 2 aromatic heterocycles. The second kappa shape index (κ2) is 8.47.